The number of nitrogens with one attached hydrogen (secondary N) is 3. The Morgan fingerprint density at radius 1 is 1.47 bits per heavy atom. The second-order valence-corrected chi connectivity index (χ2v) is 4.39. The van der Waals surface area contributed by atoms with Gasteiger partial charge in [0.05, 0.1) is 22.0 Å². The highest BCUT2D eigenvalue weighted by Gasteiger charge is 2.22. The summed E-state index contributed by atoms with van der Waals surface area (Å²) < 4.78 is 0. The van der Waals surface area contributed by atoms with Crippen molar-refractivity contribution in [1.82, 2.24) is 15.3 Å². The minimum Gasteiger partial charge on any atom is -0.354 e. The Bertz CT molecular complexity index is 665. The van der Waals surface area contributed by atoms with Crippen molar-refractivity contribution < 1.29 is 9.72 Å². The smallest absolute Gasteiger partial charge is 0.271 e. The van der Waals surface area contributed by atoms with E-state index in [2.05, 4.69) is 20.6 Å². The second-order valence-electron chi connectivity index (χ2n) is 4.39. The number of carbonyl (C=O) groups excluding carboxylic acids is 1. The van der Waals surface area contributed by atoms with E-state index in [4.69, 9.17) is 0 Å². The zero-order valence-electron chi connectivity index (χ0n) is 9.84. The number of anilines is 1. The normalized spacial score (nSPS) is 18.5. The molecule has 1 fully saturated rings. The molecule has 3 rings (SSSR count). The van der Waals surface area contributed by atoms with E-state index in [1.54, 1.807) is 6.07 Å². The average molecular weight is 261 g/mol. The summed E-state index contributed by atoms with van der Waals surface area (Å²) in [6.07, 6.45) is 0.400. The molecule has 19 heavy (non-hydrogen) atoms. The summed E-state index contributed by atoms with van der Waals surface area (Å²) in [7, 11) is 0. The van der Waals surface area contributed by atoms with E-state index >= 15 is 0 Å². The van der Waals surface area contributed by atoms with Crippen LogP contribution in [-0.4, -0.2) is 33.4 Å². The number of aromatic nitrogens is 2. The molecule has 0 radical (unpaired) electrons. The van der Waals surface area contributed by atoms with Crippen molar-refractivity contribution in [2.75, 3.05) is 11.9 Å². The third kappa shape index (κ3) is 2.19. The van der Waals surface area contributed by atoms with Crippen LogP contribution in [0.3, 0.4) is 0 Å². The number of imidazole rings is 1. The highest BCUT2D eigenvalue weighted by molar-refractivity contribution is 5.81. The van der Waals surface area contributed by atoms with Gasteiger partial charge in [-0.1, -0.05) is 0 Å². The van der Waals surface area contributed by atoms with Gasteiger partial charge in [-0.3, -0.25) is 14.9 Å². The van der Waals surface area contributed by atoms with Gasteiger partial charge in [0, 0.05) is 25.1 Å². The summed E-state index contributed by atoms with van der Waals surface area (Å²) in [4.78, 5) is 28.5. The van der Waals surface area contributed by atoms with E-state index < -0.39 is 4.92 Å². The zero-order valence-corrected chi connectivity index (χ0v) is 9.84. The number of carbonyl (C=O) groups is 1. The Hall–Kier alpha value is -2.64. The average Bonchev–Trinajstić information content (AvgIpc) is 2.94. The van der Waals surface area contributed by atoms with E-state index in [1.807, 2.05) is 0 Å². The van der Waals surface area contributed by atoms with Crippen LogP contribution in [0.15, 0.2) is 18.2 Å². The van der Waals surface area contributed by atoms with Crippen molar-refractivity contribution in [2.24, 2.45) is 0 Å². The quantitative estimate of drug-likeness (QED) is 0.558. The zero-order chi connectivity index (χ0) is 13.4. The summed E-state index contributed by atoms with van der Waals surface area (Å²) in [6.45, 7) is 0.552. The lowest BCUT2D eigenvalue weighted by Gasteiger charge is -2.07. The standard InChI is InChI=1S/C11H11N5O3/c17-10-3-6(5-12-10)13-11-14-8-2-1-7(16(18)19)4-9(8)15-11/h1-2,4,6H,3,5H2,(H,12,17)(H2,13,14,15). The van der Waals surface area contributed by atoms with Crippen LogP contribution < -0.4 is 10.6 Å². The number of hydrogen-bond acceptors (Lipinski definition) is 5. The highest BCUT2D eigenvalue weighted by atomic mass is 16.6. The van der Waals surface area contributed by atoms with Crippen LogP contribution in [0.4, 0.5) is 11.6 Å². The molecule has 1 aliphatic heterocycles. The number of benzene rings is 1. The molecule has 1 unspecified atom stereocenters. The first-order valence-electron chi connectivity index (χ1n) is 5.79. The molecule has 1 saturated heterocycles. The lowest BCUT2D eigenvalue weighted by molar-refractivity contribution is -0.384. The van der Waals surface area contributed by atoms with Gasteiger partial charge >= 0.3 is 0 Å². The number of non-ortho nitro benzene ring substituents is 1. The minimum absolute atomic E-state index is 0.00393. The molecule has 8 heteroatoms. The number of aromatic amines is 1. The van der Waals surface area contributed by atoms with Crippen LogP contribution in [0.1, 0.15) is 6.42 Å². The van der Waals surface area contributed by atoms with Crippen molar-refractivity contribution in [1.29, 1.82) is 0 Å². The maximum atomic E-state index is 11.1. The molecule has 2 heterocycles. The molecule has 1 amide bonds. The molecule has 0 aliphatic carbocycles. The SMILES string of the molecule is O=C1CC(Nc2nc3ccc([N+](=O)[O-])cc3[nH]2)CN1. The van der Waals surface area contributed by atoms with Crippen molar-refractivity contribution in [3.63, 3.8) is 0 Å². The van der Waals surface area contributed by atoms with Crippen molar-refractivity contribution in [2.45, 2.75) is 12.5 Å². The molecule has 0 saturated carbocycles. The summed E-state index contributed by atoms with van der Waals surface area (Å²) in [5, 5.41) is 16.5. The number of H-pyrrole nitrogens is 1. The second kappa shape index (κ2) is 4.23. The molecule has 1 aromatic carbocycles. The first-order chi connectivity index (χ1) is 9.11. The number of fused-ring (bicyclic) bond motifs is 1. The van der Waals surface area contributed by atoms with Gasteiger partial charge in [0.15, 0.2) is 0 Å². The highest BCUT2D eigenvalue weighted by Crippen LogP contribution is 2.21. The number of nitro groups is 1. The van der Waals surface area contributed by atoms with Crippen molar-refractivity contribution >= 4 is 28.6 Å². The summed E-state index contributed by atoms with van der Waals surface area (Å²) >= 11 is 0. The van der Waals surface area contributed by atoms with Gasteiger partial charge in [0.2, 0.25) is 11.9 Å². The van der Waals surface area contributed by atoms with Crippen LogP contribution in [0.2, 0.25) is 0 Å². The minimum atomic E-state index is -0.451. The number of hydrogen-bond donors (Lipinski definition) is 3. The molecule has 0 spiro atoms. The van der Waals surface area contributed by atoms with Gasteiger partial charge in [-0.05, 0) is 6.07 Å². The van der Waals surface area contributed by atoms with Gasteiger partial charge < -0.3 is 15.6 Å². The molecular weight excluding hydrogens is 250 g/mol. The van der Waals surface area contributed by atoms with E-state index in [9.17, 15) is 14.9 Å². The van der Waals surface area contributed by atoms with Crippen LogP contribution in [0.25, 0.3) is 11.0 Å². The first-order valence-corrected chi connectivity index (χ1v) is 5.79. The third-order valence-corrected chi connectivity index (χ3v) is 2.99. The lowest BCUT2D eigenvalue weighted by atomic mass is 10.3. The number of rotatable bonds is 3. The molecule has 1 aromatic heterocycles. The lowest BCUT2D eigenvalue weighted by Crippen LogP contribution is -2.22. The van der Waals surface area contributed by atoms with Gasteiger partial charge in [-0.25, -0.2) is 4.98 Å². The number of nitro benzene ring substituents is 1. The Morgan fingerprint density at radius 2 is 2.32 bits per heavy atom. The molecular formula is C11H11N5O3. The first kappa shape index (κ1) is 11.5. The molecule has 1 atom stereocenters. The van der Waals surface area contributed by atoms with Crippen LogP contribution >= 0.6 is 0 Å². The Balaban J connectivity index is 1.85. The largest absolute Gasteiger partial charge is 0.354 e. The van der Waals surface area contributed by atoms with Gasteiger partial charge in [-0.15, -0.1) is 0 Å². The van der Waals surface area contributed by atoms with Crippen LogP contribution in [0.5, 0.6) is 0 Å². The Kier molecular flexibility index (Phi) is 2.55. The molecule has 0 bridgehead atoms. The summed E-state index contributed by atoms with van der Waals surface area (Å²) in [5.74, 6) is 0.515. The van der Waals surface area contributed by atoms with Gasteiger partial charge in [0.1, 0.15) is 0 Å². The maximum absolute atomic E-state index is 11.1. The molecule has 98 valence electrons. The topological polar surface area (TPSA) is 113 Å². The van der Waals surface area contributed by atoms with E-state index in [0.717, 1.165) is 0 Å². The predicted octanol–water partition coefficient (Wildman–Crippen LogP) is 0.771. The van der Waals surface area contributed by atoms with Crippen LogP contribution in [0, 0.1) is 10.1 Å². The molecule has 1 aliphatic rings. The van der Waals surface area contributed by atoms with Crippen LogP contribution in [-0.2, 0) is 4.79 Å². The number of amides is 1. The third-order valence-electron chi connectivity index (χ3n) is 2.99. The fourth-order valence-electron chi connectivity index (χ4n) is 2.08. The monoisotopic (exact) mass is 261 g/mol. The molecule has 8 nitrogen and oxygen atoms in total. The van der Waals surface area contributed by atoms with E-state index in [0.29, 0.717) is 29.9 Å². The van der Waals surface area contributed by atoms with E-state index in [1.165, 1.54) is 12.1 Å². The fraction of sp³-hybridized carbons (Fsp3) is 0.273. The Labute approximate surface area is 107 Å². The predicted molar refractivity (Wildman–Crippen MR) is 67.8 cm³/mol. The molecule has 3 N–H and O–H groups in total. The van der Waals surface area contributed by atoms with Gasteiger partial charge in [-0.2, -0.15) is 0 Å². The van der Waals surface area contributed by atoms with Crippen molar-refractivity contribution in [3.8, 4) is 0 Å². The van der Waals surface area contributed by atoms with Gasteiger partial charge in [0.25, 0.3) is 5.69 Å². The number of nitrogens with zero attached hydrogens (tertiary/aromatic N) is 2. The summed E-state index contributed by atoms with van der Waals surface area (Å²) in [6, 6.07) is 4.43. The maximum Gasteiger partial charge on any atom is 0.271 e. The van der Waals surface area contributed by atoms with E-state index in [-0.39, 0.29) is 17.6 Å². The summed E-state index contributed by atoms with van der Waals surface area (Å²) in [5.41, 5.74) is 1.25. The molecule has 2 aromatic rings. The fourth-order valence-corrected chi connectivity index (χ4v) is 2.08. The Morgan fingerprint density at radius 3 is 3.00 bits per heavy atom. The van der Waals surface area contributed by atoms with Crippen molar-refractivity contribution in [3.05, 3.63) is 28.3 Å².